The Bertz CT molecular complexity index is 1740. The van der Waals surface area contributed by atoms with E-state index in [1.807, 2.05) is 78.9 Å². The van der Waals surface area contributed by atoms with Crippen LogP contribution in [0, 0.1) is 0 Å². The zero-order chi connectivity index (χ0) is 40.4. The topological polar surface area (TPSA) is 149 Å². The molecule has 0 amide bonds. The summed E-state index contributed by atoms with van der Waals surface area (Å²) in [7, 11) is -2.29. The number of hydrogen-bond donors (Lipinski definition) is 0. The molecule has 57 heavy (non-hydrogen) atoms. The number of nitrogens with zero attached hydrogens (tertiary/aromatic N) is 3. The molecule has 0 spiro atoms. The molecule has 13 nitrogen and oxygen atoms in total. The van der Waals surface area contributed by atoms with Gasteiger partial charge in [-0.05, 0) is 53.2 Å². The quantitative estimate of drug-likeness (QED) is 0.0313. The van der Waals surface area contributed by atoms with E-state index < -0.39 is 75.6 Å². The first-order valence-corrected chi connectivity index (χ1v) is 22.7. The molecule has 0 radical (unpaired) electrons. The maximum absolute atomic E-state index is 13.0. The maximum atomic E-state index is 13.0. The Kier molecular flexibility index (Phi) is 15.0. The summed E-state index contributed by atoms with van der Waals surface area (Å²) >= 11 is 0. The van der Waals surface area contributed by atoms with Gasteiger partial charge in [-0.1, -0.05) is 117 Å². The van der Waals surface area contributed by atoms with Gasteiger partial charge in [-0.25, -0.2) is 0 Å². The lowest BCUT2D eigenvalue weighted by molar-refractivity contribution is -0.343. The van der Waals surface area contributed by atoms with Crippen LogP contribution in [0.5, 0.6) is 0 Å². The smallest absolute Gasteiger partial charge is 0.303 e. The van der Waals surface area contributed by atoms with Gasteiger partial charge in [-0.2, -0.15) is 0 Å². The second-order valence-corrected chi connectivity index (χ2v) is 21.1. The summed E-state index contributed by atoms with van der Waals surface area (Å²) in [6.07, 6.45) is -6.02. The number of aryl methyl sites for hydroxylation is 1. The highest BCUT2D eigenvalue weighted by molar-refractivity contribution is 6.74. The molecule has 3 aliphatic heterocycles. The van der Waals surface area contributed by atoms with Gasteiger partial charge in [0.2, 0.25) is 0 Å². The summed E-state index contributed by atoms with van der Waals surface area (Å²) in [4.78, 5) is 16.1. The molecular weight excluding hydrogens is 747 g/mol. The minimum Gasteiger partial charge on any atom is -0.454 e. The molecule has 0 unspecified atom stereocenters. The van der Waals surface area contributed by atoms with Gasteiger partial charge in [0.15, 0.2) is 27.0 Å². The van der Waals surface area contributed by atoms with Gasteiger partial charge in [0.1, 0.15) is 42.7 Å². The van der Waals surface area contributed by atoms with Gasteiger partial charge in [-0.15, -0.1) is 0 Å². The molecule has 3 fully saturated rings. The standard InChI is InChI=1S/C43H57N3O10Si/c1-29(47)53-40-39(50-26-32-21-14-9-15-22-32)36(48-24-16-23-30-17-10-7-11-18-30)34(28-52-57(5,6)43(2,3)4)55-42(40)56-37-33-27-51-41(54-33)35(45-46-44)38(37)49-25-31-19-12-8-13-20-31/h7-15,17-22,33-42H,16,23-28H2,1-6H3/t33-,34+,35-,36-,37-,38-,39+,40-,41-,42+/m1/s1. The molecule has 10 atom stereocenters. The van der Waals surface area contributed by atoms with Crippen molar-refractivity contribution in [2.45, 2.75) is 133 Å². The number of ether oxygens (including phenoxy) is 8. The monoisotopic (exact) mass is 803 g/mol. The molecule has 0 aromatic heterocycles. The zero-order valence-corrected chi connectivity index (χ0v) is 34.8. The van der Waals surface area contributed by atoms with E-state index >= 15 is 0 Å². The third kappa shape index (κ3) is 11.3. The summed E-state index contributed by atoms with van der Waals surface area (Å²) in [6, 6.07) is 28.8. The highest BCUT2D eigenvalue weighted by Gasteiger charge is 2.56. The Labute approximate surface area is 336 Å². The lowest BCUT2D eigenvalue weighted by Gasteiger charge is -2.48. The Morgan fingerprint density at radius 2 is 1.40 bits per heavy atom. The first-order chi connectivity index (χ1) is 27.4. The van der Waals surface area contributed by atoms with Crippen molar-refractivity contribution < 1.29 is 47.1 Å². The number of azide groups is 1. The Hall–Kier alpha value is -3.66. The number of benzene rings is 3. The molecular formula is C43H57N3O10Si. The van der Waals surface area contributed by atoms with Gasteiger partial charge < -0.3 is 42.3 Å². The zero-order valence-electron chi connectivity index (χ0n) is 33.8. The van der Waals surface area contributed by atoms with Crippen molar-refractivity contribution in [1.29, 1.82) is 0 Å². The van der Waals surface area contributed by atoms with Gasteiger partial charge in [0.05, 0.1) is 26.4 Å². The average Bonchev–Trinajstić information content (AvgIpc) is 3.64. The van der Waals surface area contributed by atoms with E-state index in [1.165, 1.54) is 12.5 Å². The molecule has 6 rings (SSSR count). The largest absolute Gasteiger partial charge is 0.454 e. The fourth-order valence-corrected chi connectivity index (χ4v) is 8.07. The van der Waals surface area contributed by atoms with Crippen LogP contribution in [0.4, 0.5) is 0 Å². The number of fused-ring (bicyclic) bond motifs is 2. The van der Waals surface area contributed by atoms with Crippen LogP contribution in [0.3, 0.4) is 0 Å². The Morgan fingerprint density at radius 1 is 0.807 bits per heavy atom. The van der Waals surface area contributed by atoms with E-state index in [0.29, 0.717) is 6.61 Å². The predicted molar refractivity (Wildman–Crippen MR) is 214 cm³/mol. The second-order valence-electron chi connectivity index (χ2n) is 16.3. The second kappa shape index (κ2) is 19.9. The van der Waals surface area contributed by atoms with Crippen LogP contribution in [0.15, 0.2) is 96.1 Å². The lowest BCUT2D eigenvalue weighted by Crippen LogP contribution is -2.65. The molecule has 0 aliphatic carbocycles. The molecule has 3 aromatic rings. The van der Waals surface area contributed by atoms with Gasteiger partial charge in [-0.3, -0.25) is 4.79 Å². The highest BCUT2D eigenvalue weighted by Crippen LogP contribution is 2.40. The van der Waals surface area contributed by atoms with Crippen LogP contribution < -0.4 is 0 Å². The third-order valence-corrected chi connectivity index (χ3v) is 15.7. The molecule has 308 valence electrons. The molecule has 3 heterocycles. The van der Waals surface area contributed by atoms with E-state index in [1.54, 1.807) is 0 Å². The summed E-state index contributed by atoms with van der Waals surface area (Å²) in [5.41, 5.74) is 12.7. The summed E-state index contributed by atoms with van der Waals surface area (Å²) < 4.78 is 58.8. The van der Waals surface area contributed by atoms with E-state index in [4.69, 9.17) is 42.3 Å². The van der Waals surface area contributed by atoms with Crippen molar-refractivity contribution in [2.75, 3.05) is 19.8 Å². The number of carbonyl (C=O) groups excluding carboxylic acids is 1. The van der Waals surface area contributed by atoms with Crippen LogP contribution in [-0.2, 0) is 66.8 Å². The molecule has 0 N–H and O–H groups in total. The molecule has 14 heteroatoms. The van der Waals surface area contributed by atoms with Crippen molar-refractivity contribution in [1.82, 2.24) is 0 Å². The van der Waals surface area contributed by atoms with Gasteiger partial charge >= 0.3 is 5.97 Å². The average molecular weight is 804 g/mol. The van der Waals surface area contributed by atoms with Crippen molar-refractivity contribution in [3.05, 3.63) is 118 Å². The normalized spacial score (nSPS) is 28.7. The summed E-state index contributed by atoms with van der Waals surface area (Å²) in [6.45, 7) is 13.4. The van der Waals surface area contributed by atoms with E-state index in [-0.39, 0.29) is 31.5 Å². The van der Waals surface area contributed by atoms with Crippen LogP contribution in [0.1, 0.15) is 50.8 Å². The van der Waals surface area contributed by atoms with Crippen molar-refractivity contribution >= 4 is 14.3 Å². The predicted octanol–water partition coefficient (Wildman–Crippen LogP) is 7.67. The van der Waals surface area contributed by atoms with Crippen molar-refractivity contribution in [3.8, 4) is 0 Å². The number of esters is 1. The van der Waals surface area contributed by atoms with Gasteiger partial charge in [0, 0.05) is 18.4 Å². The maximum Gasteiger partial charge on any atom is 0.303 e. The number of carbonyl (C=O) groups is 1. The minimum absolute atomic E-state index is 0.0782. The van der Waals surface area contributed by atoms with E-state index in [2.05, 4.69) is 56.0 Å². The first kappa shape index (κ1) is 42.9. The van der Waals surface area contributed by atoms with Crippen LogP contribution >= 0.6 is 0 Å². The van der Waals surface area contributed by atoms with Crippen molar-refractivity contribution in [3.63, 3.8) is 0 Å². The lowest BCUT2D eigenvalue weighted by atomic mass is 9.96. The Balaban J connectivity index is 1.34. The minimum atomic E-state index is -2.29. The fraction of sp³-hybridized carbons (Fsp3) is 0.558. The van der Waals surface area contributed by atoms with Crippen molar-refractivity contribution in [2.24, 2.45) is 5.11 Å². The van der Waals surface area contributed by atoms with E-state index in [9.17, 15) is 10.3 Å². The summed E-state index contributed by atoms with van der Waals surface area (Å²) in [5, 5.41) is 3.98. The molecule has 3 aromatic carbocycles. The number of hydrogen-bond acceptors (Lipinski definition) is 11. The summed E-state index contributed by atoms with van der Waals surface area (Å²) in [5.74, 6) is -0.544. The molecule has 0 saturated carbocycles. The van der Waals surface area contributed by atoms with Gasteiger partial charge in [0.25, 0.3) is 0 Å². The molecule has 3 saturated heterocycles. The SMILES string of the molecule is CC(=O)O[C@H]1[C@H](O[C@H]2[C@H](OCc3ccccc3)[C@@H](N=[N+]=[N-])[C@@H]3OC[C@H]2O3)O[C@@H](CO[Si](C)(C)C(C)(C)C)[C@@H](OCCCc2ccccc2)[C@@H]1OCc1ccccc1. The fourth-order valence-electron chi connectivity index (χ4n) is 7.06. The Morgan fingerprint density at radius 3 is 1.98 bits per heavy atom. The molecule has 3 aliphatic rings. The first-order valence-electron chi connectivity index (χ1n) is 19.8. The van der Waals surface area contributed by atoms with Crippen LogP contribution in [-0.4, -0.2) is 95.5 Å². The molecule has 2 bridgehead atoms. The number of rotatable bonds is 18. The van der Waals surface area contributed by atoms with Crippen LogP contribution in [0.2, 0.25) is 18.1 Å². The third-order valence-electron chi connectivity index (χ3n) is 11.2. The van der Waals surface area contributed by atoms with Crippen LogP contribution in [0.25, 0.3) is 10.4 Å². The van der Waals surface area contributed by atoms with E-state index in [0.717, 1.165) is 24.0 Å². The highest BCUT2D eigenvalue weighted by atomic mass is 28.4.